The second-order valence-corrected chi connectivity index (χ2v) is 5.64. The Labute approximate surface area is 116 Å². The van der Waals surface area contributed by atoms with Crippen molar-refractivity contribution in [1.29, 1.82) is 0 Å². The van der Waals surface area contributed by atoms with Crippen molar-refractivity contribution in [1.82, 2.24) is 10.2 Å². The molecule has 1 aromatic carbocycles. The number of likely N-dealkylation sites (tertiary alicyclic amines) is 1. The first-order valence-corrected chi connectivity index (χ1v) is 7.42. The maximum absolute atomic E-state index is 9.90. The normalized spacial score (nSPS) is 18.4. The molecule has 0 aliphatic carbocycles. The minimum absolute atomic E-state index is 0.199. The fraction of sp³-hybridized carbons (Fsp3) is 0.625. The van der Waals surface area contributed by atoms with Gasteiger partial charge in [-0.3, -0.25) is 0 Å². The maximum Gasteiger partial charge on any atom is 0.120 e. The second kappa shape index (κ2) is 6.92. The highest BCUT2D eigenvalue weighted by atomic mass is 16.3. The zero-order chi connectivity index (χ0) is 13.7. The van der Waals surface area contributed by atoms with Crippen LogP contribution >= 0.6 is 0 Å². The molecule has 2 N–H and O–H groups in total. The van der Waals surface area contributed by atoms with Crippen LogP contribution < -0.4 is 5.32 Å². The molecule has 0 amide bonds. The zero-order valence-electron chi connectivity index (χ0n) is 12.2. The van der Waals surface area contributed by atoms with Crippen LogP contribution in [-0.2, 0) is 0 Å². The summed E-state index contributed by atoms with van der Waals surface area (Å²) in [6.45, 7) is 8.75. The van der Waals surface area contributed by atoms with Crippen LogP contribution in [0.15, 0.2) is 18.2 Å². The SMILES string of the molecule is Cc1ccc(O)c(C(C)NCCN2CCCCC2)c1. The average molecular weight is 262 g/mol. The van der Waals surface area contributed by atoms with Gasteiger partial charge in [-0.1, -0.05) is 24.1 Å². The molecular weight excluding hydrogens is 236 g/mol. The highest BCUT2D eigenvalue weighted by molar-refractivity contribution is 5.37. The number of hydrogen-bond donors (Lipinski definition) is 2. The van der Waals surface area contributed by atoms with Crippen molar-refractivity contribution in [3.05, 3.63) is 29.3 Å². The molecule has 0 saturated carbocycles. The lowest BCUT2D eigenvalue weighted by atomic mass is 10.0. The largest absolute Gasteiger partial charge is 0.508 e. The van der Waals surface area contributed by atoms with Crippen molar-refractivity contribution in [2.45, 2.75) is 39.2 Å². The highest BCUT2D eigenvalue weighted by Crippen LogP contribution is 2.24. The fourth-order valence-electron chi connectivity index (χ4n) is 2.75. The van der Waals surface area contributed by atoms with Crippen molar-refractivity contribution in [2.75, 3.05) is 26.2 Å². The van der Waals surface area contributed by atoms with E-state index in [1.54, 1.807) is 6.07 Å². The van der Waals surface area contributed by atoms with Gasteiger partial charge in [0.2, 0.25) is 0 Å². The van der Waals surface area contributed by atoms with Crippen LogP contribution in [-0.4, -0.2) is 36.2 Å². The molecule has 1 atom stereocenters. The lowest BCUT2D eigenvalue weighted by Gasteiger charge is -2.27. The molecule has 19 heavy (non-hydrogen) atoms. The Morgan fingerprint density at radius 1 is 1.26 bits per heavy atom. The average Bonchev–Trinajstić information content (AvgIpc) is 2.42. The molecule has 1 saturated heterocycles. The van der Waals surface area contributed by atoms with E-state index in [9.17, 15) is 5.11 Å². The maximum atomic E-state index is 9.90. The van der Waals surface area contributed by atoms with Gasteiger partial charge in [-0.15, -0.1) is 0 Å². The summed E-state index contributed by atoms with van der Waals surface area (Å²) in [7, 11) is 0. The number of piperidine rings is 1. The van der Waals surface area contributed by atoms with Gasteiger partial charge < -0.3 is 15.3 Å². The highest BCUT2D eigenvalue weighted by Gasteiger charge is 2.12. The van der Waals surface area contributed by atoms with Crippen molar-refractivity contribution >= 4 is 0 Å². The lowest BCUT2D eigenvalue weighted by Crippen LogP contribution is -2.36. The van der Waals surface area contributed by atoms with Crippen molar-refractivity contribution < 1.29 is 5.11 Å². The van der Waals surface area contributed by atoms with Crippen LogP contribution in [0.3, 0.4) is 0 Å². The van der Waals surface area contributed by atoms with Crippen molar-refractivity contribution in [2.24, 2.45) is 0 Å². The molecule has 1 unspecified atom stereocenters. The van der Waals surface area contributed by atoms with Gasteiger partial charge in [0.1, 0.15) is 5.75 Å². The predicted octanol–water partition coefficient (Wildman–Crippen LogP) is 2.84. The number of rotatable bonds is 5. The molecule has 0 aromatic heterocycles. The zero-order valence-corrected chi connectivity index (χ0v) is 12.2. The molecular formula is C16H26N2O. The van der Waals surface area contributed by atoms with E-state index < -0.39 is 0 Å². The Morgan fingerprint density at radius 3 is 2.74 bits per heavy atom. The molecule has 1 aliphatic rings. The molecule has 106 valence electrons. The Balaban J connectivity index is 1.80. The number of phenolic OH excluding ortho intramolecular Hbond substituents is 1. The van der Waals surface area contributed by atoms with Crippen molar-refractivity contribution in [3.8, 4) is 5.75 Å². The molecule has 0 spiro atoms. The topological polar surface area (TPSA) is 35.5 Å². The first kappa shape index (κ1) is 14.4. The van der Waals surface area contributed by atoms with Crippen LogP contribution in [0.25, 0.3) is 0 Å². The van der Waals surface area contributed by atoms with Crippen LogP contribution in [0, 0.1) is 6.92 Å². The van der Waals surface area contributed by atoms with E-state index in [-0.39, 0.29) is 6.04 Å². The Bertz CT molecular complexity index is 400. The molecule has 0 bridgehead atoms. The van der Waals surface area contributed by atoms with E-state index in [0.29, 0.717) is 5.75 Å². The summed E-state index contributed by atoms with van der Waals surface area (Å²) < 4.78 is 0. The second-order valence-electron chi connectivity index (χ2n) is 5.64. The van der Waals surface area contributed by atoms with Gasteiger partial charge in [0.05, 0.1) is 0 Å². The van der Waals surface area contributed by atoms with Gasteiger partial charge in [0, 0.05) is 24.7 Å². The number of nitrogens with one attached hydrogen (secondary N) is 1. The third-order valence-corrected chi connectivity index (χ3v) is 3.98. The summed E-state index contributed by atoms with van der Waals surface area (Å²) in [5.74, 6) is 0.392. The number of aromatic hydroxyl groups is 1. The molecule has 1 fully saturated rings. The summed E-state index contributed by atoms with van der Waals surface area (Å²) >= 11 is 0. The first-order valence-electron chi connectivity index (χ1n) is 7.42. The van der Waals surface area contributed by atoms with Gasteiger partial charge in [-0.05, 0) is 45.8 Å². The third-order valence-electron chi connectivity index (χ3n) is 3.98. The number of phenols is 1. The minimum atomic E-state index is 0.199. The molecule has 0 radical (unpaired) electrons. The molecule has 3 nitrogen and oxygen atoms in total. The van der Waals surface area contributed by atoms with E-state index in [4.69, 9.17) is 0 Å². The van der Waals surface area contributed by atoms with Gasteiger partial charge in [0.15, 0.2) is 0 Å². The monoisotopic (exact) mass is 262 g/mol. The number of nitrogens with zero attached hydrogens (tertiary/aromatic N) is 1. The van der Waals surface area contributed by atoms with E-state index in [0.717, 1.165) is 18.7 Å². The van der Waals surface area contributed by atoms with E-state index in [2.05, 4.69) is 30.1 Å². The summed E-state index contributed by atoms with van der Waals surface area (Å²) in [4.78, 5) is 2.53. The van der Waals surface area contributed by atoms with E-state index in [1.807, 2.05) is 6.07 Å². The minimum Gasteiger partial charge on any atom is -0.508 e. The number of benzene rings is 1. The van der Waals surface area contributed by atoms with Crippen LogP contribution in [0.4, 0.5) is 0 Å². The van der Waals surface area contributed by atoms with Gasteiger partial charge in [-0.25, -0.2) is 0 Å². The first-order chi connectivity index (χ1) is 9.16. The summed E-state index contributed by atoms with van der Waals surface area (Å²) in [5.41, 5.74) is 2.19. The number of aryl methyl sites for hydroxylation is 1. The van der Waals surface area contributed by atoms with Crippen molar-refractivity contribution in [3.63, 3.8) is 0 Å². The van der Waals surface area contributed by atoms with E-state index >= 15 is 0 Å². The Hall–Kier alpha value is -1.06. The van der Waals surface area contributed by atoms with Crippen LogP contribution in [0.2, 0.25) is 0 Å². The third kappa shape index (κ3) is 4.22. The standard InChI is InChI=1S/C16H26N2O/c1-13-6-7-16(19)15(12-13)14(2)17-8-11-18-9-4-3-5-10-18/h6-7,12,14,17,19H,3-5,8-11H2,1-2H3. The quantitative estimate of drug-likeness (QED) is 0.856. The lowest BCUT2D eigenvalue weighted by molar-refractivity contribution is 0.226. The number of hydrogen-bond acceptors (Lipinski definition) is 3. The smallest absolute Gasteiger partial charge is 0.120 e. The molecule has 1 heterocycles. The molecule has 3 heteroatoms. The molecule has 1 aromatic rings. The fourth-order valence-corrected chi connectivity index (χ4v) is 2.75. The van der Waals surface area contributed by atoms with Crippen LogP contribution in [0.1, 0.15) is 43.4 Å². The Morgan fingerprint density at radius 2 is 2.00 bits per heavy atom. The predicted molar refractivity (Wildman–Crippen MR) is 79.6 cm³/mol. The van der Waals surface area contributed by atoms with Crippen LogP contribution in [0.5, 0.6) is 5.75 Å². The van der Waals surface area contributed by atoms with Gasteiger partial charge >= 0.3 is 0 Å². The summed E-state index contributed by atoms with van der Waals surface area (Å²) in [6, 6.07) is 5.99. The summed E-state index contributed by atoms with van der Waals surface area (Å²) in [5, 5.41) is 13.4. The van der Waals surface area contributed by atoms with Gasteiger partial charge in [0.25, 0.3) is 0 Å². The molecule has 2 rings (SSSR count). The van der Waals surface area contributed by atoms with E-state index in [1.165, 1.54) is 37.9 Å². The van der Waals surface area contributed by atoms with Gasteiger partial charge in [-0.2, -0.15) is 0 Å². The Kier molecular flexibility index (Phi) is 5.23. The summed E-state index contributed by atoms with van der Waals surface area (Å²) in [6.07, 6.45) is 4.07. The molecule has 1 aliphatic heterocycles.